The van der Waals surface area contributed by atoms with Crippen molar-refractivity contribution in [1.82, 2.24) is 9.88 Å². The van der Waals surface area contributed by atoms with Crippen molar-refractivity contribution in [2.24, 2.45) is 0 Å². The third kappa shape index (κ3) is 4.02. The quantitative estimate of drug-likeness (QED) is 0.909. The van der Waals surface area contributed by atoms with Crippen molar-refractivity contribution in [3.05, 3.63) is 18.3 Å². The minimum atomic E-state index is -0.462. The molecule has 6 heteroatoms. The fourth-order valence-electron chi connectivity index (χ4n) is 2.60. The van der Waals surface area contributed by atoms with Gasteiger partial charge in [0, 0.05) is 25.7 Å². The van der Waals surface area contributed by atoms with Crippen molar-refractivity contribution in [2.45, 2.75) is 45.8 Å². The number of aromatic nitrogens is 1. The average Bonchev–Trinajstić information content (AvgIpc) is 2.45. The number of carbonyl (C=O) groups excluding carboxylic acids is 1. The summed E-state index contributed by atoms with van der Waals surface area (Å²) in [7, 11) is 0. The van der Waals surface area contributed by atoms with Crippen LogP contribution in [0.5, 0.6) is 0 Å². The standard InChI is InChI=1S/C16H26N4O2/c1-5-12-11-19(15(21)22-16(2,3)4)8-9-20(12)13-6-7-14(17)18-10-13/h6-7,10,12H,5,8-9,11H2,1-4H3,(H2,17,18). The maximum Gasteiger partial charge on any atom is 0.410 e. The Hall–Kier alpha value is -1.98. The van der Waals surface area contributed by atoms with E-state index in [2.05, 4.69) is 16.8 Å². The Labute approximate surface area is 132 Å². The molecule has 0 saturated carbocycles. The minimum Gasteiger partial charge on any atom is -0.444 e. The molecule has 1 aromatic heterocycles. The molecule has 1 amide bonds. The van der Waals surface area contributed by atoms with Crippen molar-refractivity contribution in [3.8, 4) is 0 Å². The Kier molecular flexibility index (Phi) is 4.78. The Morgan fingerprint density at radius 1 is 1.41 bits per heavy atom. The third-order valence-electron chi connectivity index (χ3n) is 3.71. The van der Waals surface area contributed by atoms with Crippen LogP contribution in [-0.2, 0) is 4.74 Å². The minimum absolute atomic E-state index is 0.235. The number of nitrogens with zero attached hydrogens (tertiary/aromatic N) is 3. The second kappa shape index (κ2) is 6.42. The zero-order valence-corrected chi connectivity index (χ0v) is 13.9. The first-order valence-corrected chi connectivity index (χ1v) is 7.76. The molecule has 0 bridgehead atoms. The summed E-state index contributed by atoms with van der Waals surface area (Å²) in [6.45, 7) is 9.87. The number of piperazine rings is 1. The fraction of sp³-hybridized carbons (Fsp3) is 0.625. The lowest BCUT2D eigenvalue weighted by atomic mass is 10.1. The number of hydrogen-bond acceptors (Lipinski definition) is 5. The summed E-state index contributed by atoms with van der Waals surface area (Å²) in [4.78, 5) is 20.5. The van der Waals surface area contributed by atoms with Gasteiger partial charge >= 0.3 is 6.09 Å². The van der Waals surface area contributed by atoms with Gasteiger partial charge in [0.1, 0.15) is 11.4 Å². The Morgan fingerprint density at radius 3 is 2.68 bits per heavy atom. The van der Waals surface area contributed by atoms with Crippen LogP contribution in [0.1, 0.15) is 34.1 Å². The molecule has 122 valence electrons. The molecule has 1 atom stereocenters. The number of amides is 1. The summed E-state index contributed by atoms with van der Waals surface area (Å²) < 4.78 is 5.47. The number of hydrogen-bond donors (Lipinski definition) is 1. The van der Waals surface area contributed by atoms with Crippen LogP contribution in [0.25, 0.3) is 0 Å². The monoisotopic (exact) mass is 306 g/mol. The van der Waals surface area contributed by atoms with Crippen LogP contribution >= 0.6 is 0 Å². The number of ether oxygens (including phenoxy) is 1. The van der Waals surface area contributed by atoms with E-state index in [-0.39, 0.29) is 12.1 Å². The zero-order chi connectivity index (χ0) is 16.3. The summed E-state index contributed by atoms with van der Waals surface area (Å²) in [6, 6.07) is 4.04. The highest BCUT2D eigenvalue weighted by atomic mass is 16.6. The van der Waals surface area contributed by atoms with Gasteiger partial charge in [-0.1, -0.05) is 6.92 Å². The topological polar surface area (TPSA) is 71.7 Å². The van der Waals surface area contributed by atoms with Gasteiger partial charge in [-0.05, 0) is 39.3 Å². The predicted octanol–water partition coefficient (Wildman–Crippen LogP) is 2.50. The van der Waals surface area contributed by atoms with Crippen LogP contribution in [0, 0.1) is 0 Å². The molecule has 1 aliphatic heterocycles. The van der Waals surface area contributed by atoms with E-state index in [0.29, 0.717) is 18.9 Å². The Morgan fingerprint density at radius 2 is 2.14 bits per heavy atom. The van der Waals surface area contributed by atoms with E-state index in [4.69, 9.17) is 10.5 Å². The molecule has 0 aromatic carbocycles. The lowest BCUT2D eigenvalue weighted by Crippen LogP contribution is -2.55. The molecule has 1 aromatic rings. The van der Waals surface area contributed by atoms with Crippen LogP contribution in [0.3, 0.4) is 0 Å². The van der Waals surface area contributed by atoms with Crippen molar-refractivity contribution in [1.29, 1.82) is 0 Å². The first kappa shape index (κ1) is 16.4. The second-order valence-corrected chi connectivity index (χ2v) is 6.62. The summed E-state index contributed by atoms with van der Waals surface area (Å²) in [5.74, 6) is 0.518. The SMILES string of the molecule is CCC1CN(C(=O)OC(C)(C)C)CCN1c1ccc(N)nc1. The molecule has 0 spiro atoms. The second-order valence-electron chi connectivity index (χ2n) is 6.62. The number of carbonyl (C=O) groups is 1. The normalized spacial score (nSPS) is 19.2. The smallest absolute Gasteiger partial charge is 0.410 e. The number of pyridine rings is 1. The molecule has 1 aliphatic rings. The van der Waals surface area contributed by atoms with E-state index in [1.54, 1.807) is 11.1 Å². The Bertz CT molecular complexity index is 510. The summed E-state index contributed by atoms with van der Waals surface area (Å²) in [5.41, 5.74) is 6.23. The van der Waals surface area contributed by atoms with Gasteiger partial charge in [-0.25, -0.2) is 9.78 Å². The molecule has 1 saturated heterocycles. The maximum absolute atomic E-state index is 12.2. The van der Waals surface area contributed by atoms with Gasteiger partial charge in [-0.15, -0.1) is 0 Å². The summed E-state index contributed by atoms with van der Waals surface area (Å²) >= 11 is 0. The van der Waals surface area contributed by atoms with Crippen LogP contribution < -0.4 is 10.6 Å². The van der Waals surface area contributed by atoms with Gasteiger partial charge in [0.15, 0.2) is 0 Å². The molecular weight excluding hydrogens is 280 g/mol. The molecule has 2 rings (SSSR count). The van der Waals surface area contributed by atoms with Gasteiger partial charge < -0.3 is 20.3 Å². The average molecular weight is 306 g/mol. The van der Waals surface area contributed by atoms with Crippen molar-refractivity contribution < 1.29 is 9.53 Å². The van der Waals surface area contributed by atoms with Crippen LogP contribution in [0.4, 0.5) is 16.3 Å². The zero-order valence-electron chi connectivity index (χ0n) is 13.9. The van der Waals surface area contributed by atoms with E-state index in [1.165, 1.54) is 0 Å². The van der Waals surface area contributed by atoms with Crippen LogP contribution in [-0.4, -0.2) is 47.3 Å². The van der Waals surface area contributed by atoms with Gasteiger partial charge in [-0.2, -0.15) is 0 Å². The first-order chi connectivity index (χ1) is 10.3. The maximum atomic E-state index is 12.2. The largest absolute Gasteiger partial charge is 0.444 e. The van der Waals surface area contributed by atoms with Gasteiger partial charge in [0.25, 0.3) is 0 Å². The van der Waals surface area contributed by atoms with E-state index < -0.39 is 5.60 Å². The molecule has 1 fully saturated rings. The van der Waals surface area contributed by atoms with Gasteiger partial charge in [0.05, 0.1) is 11.9 Å². The number of anilines is 2. The number of nitrogens with two attached hydrogens (primary N) is 1. The molecular formula is C16H26N4O2. The lowest BCUT2D eigenvalue weighted by molar-refractivity contribution is 0.0213. The molecule has 6 nitrogen and oxygen atoms in total. The highest BCUT2D eigenvalue weighted by Crippen LogP contribution is 2.23. The molecule has 1 unspecified atom stereocenters. The van der Waals surface area contributed by atoms with Crippen molar-refractivity contribution in [3.63, 3.8) is 0 Å². The van der Waals surface area contributed by atoms with Crippen LogP contribution in [0.15, 0.2) is 18.3 Å². The first-order valence-electron chi connectivity index (χ1n) is 7.76. The fourth-order valence-corrected chi connectivity index (χ4v) is 2.60. The number of nitrogen functional groups attached to an aromatic ring is 1. The predicted molar refractivity (Wildman–Crippen MR) is 87.9 cm³/mol. The highest BCUT2D eigenvalue weighted by Gasteiger charge is 2.31. The summed E-state index contributed by atoms with van der Waals surface area (Å²) in [6.07, 6.45) is 2.51. The lowest BCUT2D eigenvalue weighted by Gasteiger charge is -2.42. The molecule has 22 heavy (non-hydrogen) atoms. The van der Waals surface area contributed by atoms with E-state index in [1.807, 2.05) is 32.9 Å². The van der Waals surface area contributed by atoms with E-state index in [0.717, 1.165) is 18.7 Å². The molecule has 0 radical (unpaired) electrons. The van der Waals surface area contributed by atoms with E-state index in [9.17, 15) is 4.79 Å². The van der Waals surface area contributed by atoms with Crippen LogP contribution in [0.2, 0.25) is 0 Å². The third-order valence-corrected chi connectivity index (χ3v) is 3.71. The molecule has 2 heterocycles. The van der Waals surface area contributed by atoms with Crippen molar-refractivity contribution >= 4 is 17.6 Å². The van der Waals surface area contributed by atoms with E-state index >= 15 is 0 Å². The van der Waals surface area contributed by atoms with Gasteiger partial charge in [0.2, 0.25) is 0 Å². The van der Waals surface area contributed by atoms with Crippen molar-refractivity contribution in [2.75, 3.05) is 30.3 Å². The van der Waals surface area contributed by atoms with Gasteiger partial charge in [-0.3, -0.25) is 0 Å². The summed E-state index contributed by atoms with van der Waals surface area (Å²) in [5, 5.41) is 0. The highest BCUT2D eigenvalue weighted by molar-refractivity contribution is 5.69. The molecule has 0 aliphatic carbocycles. The molecule has 2 N–H and O–H groups in total. The number of rotatable bonds is 2. The Balaban J connectivity index is 2.05.